The van der Waals surface area contributed by atoms with Crippen LogP contribution in [0.4, 0.5) is 0 Å². The number of hydrogen-bond acceptors (Lipinski definition) is 5. The summed E-state index contributed by atoms with van der Waals surface area (Å²) in [5.74, 6) is 0.301. The molecule has 0 saturated carbocycles. The van der Waals surface area contributed by atoms with Crippen molar-refractivity contribution >= 4 is 33.9 Å². The summed E-state index contributed by atoms with van der Waals surface area (Å²) in [7, 11) is 1.41. The number of methoxy groups -OCH3 is 1. The lowest BCUT2D eigenvalue weighted by atomic mass is 9.85. The van der Waals surface area contributed by atoms with Crippen molar-refractivity contribution in [1.29, 1.82) is 0 Å². The number of carbonyl (C=O) groups excluding carboxylic acids is 2. The Morgan fingerprint density at radius 3 is 2.81 bits per heavy atom. The number of nitrogens with zero attached hydrogens (tertiary/aromatic N) is 2. The quantitative estimate of drug-likeness (QED) is 0.334. The molecule has 1 unspecified atom stereocenters. The van der Waals surface area contributed by atoms with Gasteiger partial charge in [-0.2, -0.15) is 0 Å². The molecule has 0 saturated heterocycles. The van der Waals surface area contributed by atoms with E-state index in [1.807, 2.05) is 6.08 Å². The minimum absolute atomic E-state index is 0.177. The Balaban J connectivity index is 2.19. The predicted octanol–water partition coefficient (Wildman–Crippen LogP) is 4.53. The Morgan fingerprint density at radius 2 is 2.15 bits per heavy atom. The highest BCUT2D eigenvalue weighted by Gasteiger charge is 2.32. The SMILES string of the molecule is COC(=O)CCCCC1(CC(C)C)C=CC(c2ncc(Br)cc2C=O)=N1. The second kappa shape index (κ2) is 9.21. The van der Waals surface area contributed by atoms with Gasteiger partial charge in [0, 0.05) is 22.7 Å². The monoisotopic (exact) mass is 420 g/mol. The molecule has 26 heavy (non-hydrogen) atoms. The molecule has 0 radical (unpaired) electrons. The largest absolute Gasteiger partial charge is 0.469 e. The van der Waals surface area contributed by atoms with Crippen LogP contribution in [0.2, 0.25) is 0 Å². The van der Waals surface area contributed by atoms with Crippen LogP contribution >= 0.6 is 15.9 Å². The number of allylic oxidation sites excluding steroid dienone is 1. The number of pyridine rings is 1. The molecule has 0 amide bonds. The molecule has 0 spiro atoms. The maximum atomic E-state index is 11.4. The zero-order valence-corrected chi connectivity index (χ0v) is 17.1. The lowest BCUT2D eigenvalue weighted by molar-refractivity contribution is -0.140. The third-order valence-corrected chi connectivity index (χ3v) is 4.81. The van der Waals surface area contributed by atoms with E-state index in [1.165, 1.54) is 7.11 Å². The van der Waals surface area contributed by atoms with E-state index in [-0.39, 0.29) is 11.5 Å². The van der Waals surface area contributed by atoms with Crippen molar-refractivity contribution in [1.82, 2.24) is 4.98 Å². The first-order chi connectivity index (χ1) is 12.4. The summed E-state index contributed by atoms with van der Waals surface area (Å²) in [5, 5.41) is 0. The predicted molar refractivity (Wildman–Crippen MR) is 106 cm³/mol. The molecule has 5 nitrogen and oxygen atoms in total. The second-order valence-electron chi connectivity index (χ2n) is 7.02. The number of unbranched alkanes of at least 4 members (excludes halogenated alkanes) is 1. The maximum absolute atomic E-state index is 11.4. The van der Waals surface area contributed by atoms with Gasteiger partial charge in [0.15, 0.2) is 6.29 Å². The number of aliphatic imine (C=N–C) groups is 1. The van der Waals surface area contributed by atoms with Crippen LogP contribution in [-0.4, -0.2) is 35.6 Å². The minimum atomic E-state index is -0.297. The zero-order valence-electron chi connectivity index (χ0n) is 15.5. The van der Waals surface area contributed by atoms with Gasteiger partial charge in [-0.3, -0.25) is 19.6 Å². The highest BCUT2D eigenvalue weighted by molar-refractivity contribution is 9.10. The van der Waals surface area contributed by atoms with Crippen molar-refractivity contribution in [2.45, 2.75) is 51.5 Å². The van der Waals surface area contributed by atoms with Crippen LogP contribution in [0.3, 0.4) is 0 Å². The number of esters is 1. The molecule has 0 fully saturated rings. The van der Waals surface area contributed by atoms with E-state index in [2.05, 4.69) is 40.8 Å². The number of carbonyl (C=O) groups is 2. The Morgan fingerprint density at radius 1 is 1.38 bits per heavy atom. The molecular weight excluding hydrogens is 396 g/mol. The van der Waals surface area contributed by atoms with Gasteiger partial charge in [-0.25, -0.2) is 0 Å². The smallest absolute Gasteiger partial charge is 0.305 e. The maximum Gasteiger partial charge on any atom is 0.305 e. The number of rotatable bonds is 9. The lowest BCUT2D eigenvalue weighted by Crippen LogP contribution is -2.25. The van der Waals surface area contributed by atoms with Gasteiger partial charge in [-0.15, -0.1) is 0 Å². The van der Waals surface area contributed by atoms with Crippen molar-refractivity contribution in [2.24, 2.45) is 10.9 Å². The first-order valence-corrected chi connectivity index (χ1v) is 9.65. The molecular formula is C20H25BrN2O3. The number of aromatic nitrogens is 1. The normalized spacial score (nSPS) is 18.9. The molecule has 1 aliphatic heterocycles. The van der Waals surface area contributed by atoms with E-state index in [0.29, 0.717) is 23.6 Å². The standard InChI is InChI=1S/C20H25BrN2O3/c1-14(2)11-20(8-5-4-6-18(25)26-3)9-7-17(23-20)19-15(13-24)10-16(21)12-22-19/h7,9-10,12-14H,4-6,8,11H2,1-3H3. The molecule has 1 aliphatic rings. The molecule has 6 heteroatoms. The number of aldehydes is 1. The van der Waals surface area contributed by atoms with E-state index >= 15 is 0 Å². The molecule has 0 N–H and O–H groups in total. The van der Waals surface area contributed by atoms with Crippen molar-refractivity contribution in [3.63, 3.8) is 0 Å². The lowest BCUT2D eigenvalue weighted by Gasteiger charge is -2.26. The molecule has 0 aromatic carbocycles. The summed E-state index contributed by atoms with van der Waals surface area (Å²) < 4.78 is 5.46. The van der Waals surface area contributed by atoms with Crippen LogP contribution in [0.1, 0.15) is 62.0 Å². The Hall–Kier alpha value is -1.82. The van der Waals surface area contributed by atoms with E-state index in [0.717, 1.165) is 42.2 Å². The van der Waals surface area contributed by atoms with Crippen LogP contribution in [0.5, 0.6) is 0 Å². The zero-order chi connectivity index (χ0) is 19.2. The summed E-state index contributed by atoms with van der Waals surface area (Å²) >= 11 is 3.34. The first kappa shape index (κ1) is 20.5. The van der Waals surface area contributed by atoms with Crippen molar-refractivity contribution < 1.29 is 14.3 Å². The van der Waals surface area contributed by atoms with Gasteiger partial charge in [-0.1, -0.05) is 26.3 Å². The highest BCUT2D eigenvalue weighted by atomic mass is 79.9. The third-order valence-electron chi connectivity index (χ3n) is 4.38. The van der Waals surface area contributed by atoms with Crippen molar-refractivity contribution in [2.75, 3.05) is 7.11 Å². The average Bonchev–Trinajstić information content (AvgIpc) is 3.01. The van der Waals surface area contributed by atoms with Crippen molar-refractivity contribution in [3.05, 3.63) is 40.1 Å². The van der Waals surface area contributed by atoms with Gasteiger partial charge in [0.2, 0.25) is 0 Å². The Kier molecular flexibility index (Phi) is 7.26. The molecule has 2 heterocycles. The second-order valence-corrected chi connectivity index (χ2v) is 7.94. The van der Waals surface area contributed by atoms with E-state index < -0.39 is 0 Å². The molecule has 1 atom stereocenters. The molecule has 1 aromatic rings. The fourth-order valence-electron chi connectivity index (χ4n) is 3.30. The number of halogens is 1. The topological polar surface area (TPSA) is 68.6 Å². The molecule has 1 aromatic heterocycles. The van der Waals surface area contributed by atoms with Crippen LogP contribution < -0.4 is 0 Å². The summed E-state index contributed by atoms with van der Waals surface area (Å²) in [5.41, 5.74) is 1.58. The fourth-order valence-corrected chi connectivity index (χ4v) is 3.65. The van der Waals surface area contributed by atoms with E-state index in [4.69, 9.17) is 9.73 Å². The molecule has 0 bridgehead atoms. The van der Waals surface area contributed by atoms with Crippen LogP contribution in [0, 0.1) is 5.92 Å². The van der Waals surface area contributed by atoms with Gasteiger partial charge in [-0.05, 0) is 53.3 Å². The van der Waals surface area contributed by atoms with Gasteiger partial charge in [0.05, 0.1) is 24.1 Å². The minimum Gasteiger partial charge on any atom is -0.469 e. The van der Waals surface area contributed by atoms with E-state index in [1.54, 1.807) is 12.3 Å². The first-order valence-electron chi connectivity index (χ1n) is 8.86. The van der Waals surface area contributed by atoms with Crippen LogP contribution in [-0.2, 0) is 9.53 Å². The summed E-state index contributed by atoms with van der Waals surface area (Å²) in [4.78, 5) is 32.0. The van der Waals surface area contributed by atoms with Crippen LogP contribution in [0.25, 0.3) is 0 Å². The highest BCUT2D eigenvalue weighted by Crippen LogP contribution is 2.34. The van der Waals surface area contributed by atoms with Crippen molar-refractivity contribution in [3.8, 4) is 0 Å². The van der Waals surface area contributed by atoms with Gasteiger partial charge >= 0.3 is 5.97 Å². The molecule has 2 rings (SSSR count). The van der Waals surface area contributed by atoms with Gasteiger partial charge < -0.3 is 4.74 Å². The van der Waals surface area contributed by atoms with Gasteiger partial charge in [0.1, 0.15) is 0 Å². The average molecular weight is 421 g/mol. The molecule has 0 aliphatic carbocycles. The molecule has 140 valence electrons. The Labute approximate surface area is 163 Å². The summed E-state index contributed by atoms with van der Waals surface area (Å²) in [6, 6.07) is 1.75. The summed E-state index contributed by atoms with van der Waals surface area (Å²) in [6.07, 6.45) is 10.4. The number of ether oxygens (including phenoxy) is 1. The number of hydrogen-bond donors (Lipinski definition) is 0. The Bertz CT molecular complexity index is 728. The third kappa shape index (κ3) is 5.34. The van der Waals surface area contributed by atoms with Crippen LogP contribution in [0.15, 0.2) is 33.9 Å². The van der Waals surface area contributed by atoms with Gasteiger partial charge in [0.25, 0.3) is 0 Å². The summed E-state index contributed by atoms with van der Waals surface area (Å²) in [6.45, 7) is 4.35. The fraction of sp³-hybridized carbons (Fsp3) is 0.500. The van der Waals surface area contributed by atoms with E-state index in [9.17, 15) is 9.59 Å².